The van der Waals surface area contributed by atoms with E-state index in [0.29, 0.717) is 16.4 Å². The van der Waals surface area contributed by atoms with Crippen LogP contribution in [0.4, 0.5) is 5.69 Å². The molecule has 0 saturated heterocycles. The molecule has 0 bridgehead atoms. The number of hydrogen-bond acceptors (Lipinski definition) is 5. The van der Waals surface area contributed by atoms with Crippen LogP contribution in [0.1, 0.15) is 17.3 Å². The number of H-pyrrole nitrogens is 1. The van der Waals surface area contributed by atoms with Crippen LogP contribution in [-0.2, 0) is 4.79 Å². The fourth-order valence-electron chi connectivity index (χ4n) is 1.38. The van der Waals surface area contributed by atoms with Crippen molar-refractivity contribution in [2.24, 2.45) is 0 Å². The van der Waals surface area contributed by atoms with Crippen molar-refractivity contribution in [1.82, 2.24) is 15.2 Å². The molecule has 0 fully saturated rings. The molecule has 1 aromatic heterocycles. The highest BCUT2D eigenvalue weighted by atomic mass is 32.2. The van der Waals surface area contributed by atoms with Gasteiger partial charge in [0.05, 0.1) is 5.75 Å². The van der Waals surface area contributed by atoms with Gasteiger partial charge in [-0.15, -0.1) is 0 Å². The summed E-state index contributed by atoms with van der Waals surface area (Å²) in [7, 11) is 0. The number of aromatic amines is 1. The van der Waals surface area contributed by atoms with Crippen LogP contribution in [0.15, 0.2) is 35.7 Å². The van der Waals surface area contributed by atoms with Crippen LogP contribution in [0.5, 0.6) is 0 Å². The molecule has 0 aliphatic rings. The van der Waals surface area contributed by atoms with Gasteiger partial charge < -0.3 is 5.32 Å². The lowest BCUT2D eigenvalue weighted by atomic mass is 10.1. The van der Waals surface area contributed by atoms with Gasteiger partial charge in [0.2, 0.25) is 5.91 Å². The average molecular weight is 276 g/mol. The topological polar surface area (TPSA) is 87.7 Å². The van der Waals surface area contributed by atoms with Crippen molar-refractivity contribution >= 4 is 29.1 Å². The molecule has 6 nitrogen and oxygen atoms in total. The summed E-state index contributed by atoms with van der Waals surface area (Å²) in [6, 6.07) is 6.77. The van der Waals surface area contributed by atoms with Crippen molar-refractivity contribution in [3.63, 3.8) is 0 Å². The fraction of sp³-hybridized carbons (Fsp3) is 0.167. The average Bonchev–Trinajstić information content (AvgIpc) is 2.90. The Balaban J connectivity index is 1.86. The largest absolute Gasteiger partial charge is 0.325 e. The second-order valence-corrected chi connectivity index (χ2v) is 4.73. The van der Waals surface area contributed by atoms with Gasteiger partial charge in [0.1, 0.15) is 6.33 Å². The van der Waals surface area contributed by atoms with Gasteiger partial charge in [-0.2, -0.15) is 5.10 Å². The number of Topliss-reactive ketones (excluding diaryl/α,β-unsaturated/α-hetero) is 1. The van der Waals surface area contributed by atoms with Crippen molar-refractivity contribution in [3.8, 4) is 0 Å². The Morgan fingerprint density at radius 1 is 1.32 bits per heavy atom. The predicted molar refractivity (Wildman–Crippen MR) is 72.2 cm³/mol. The maximum atomic E-state index is 11.7. The number of amides is 1. The number of carbonyl (C=O) groups is 2. The molecule has 0 spiro atoms. The zero-order valence-electron chi connectivity index (χ0n) is 10.2. The fourth-order valence-corrected chi connectivity index (χ4v) is 1.96. The van der Waals surface area contributed by atoms with Gasteiger partial charge in [-0.25, -0.2) is 4.98 Å². The van der Waals surface area contributed by atoms with E-state index in [1.807, 2.05) is 0 Å². The van der Waals surface area contributed by atoms with Crippen LogP contribution < -0.4 is 5.32 Å². The summed E-state index contributed by atoms with van der Waals surface area (Å²) in [6.45, 7) is 1.50. The monoisotopic (exact) mass is 276 g/mol. The number of nitrogens with zero attached hydrogens (tertiary/aromatic N) is 2. The molecule has 0 radical (unpaired) electrons. The van der Waals surface area contributed by atoms with Gasteiger partial charge in [-0.3, -0.25) is 14.7 Å². The number of hydrogen-bond donors (Lipinski definition) is 2. The van der Waals surface area contributed by atoms with E-state index in [2.05, 4.69) is 20.5 Å². The maximum absolute atomic E-state index is 11.7. The lowest BCUT2D eigenvalue weighted by molar-refractivity contribution is -0.113. The summed E-state index contributed by atoms with van der Waals surface area (Å²) >= 11 is 1.27. The Bertz CT molecular complexity index is 566. The Morgan fingerprint density at radius 3 is 2.63 bits per heavy atom. The zero-order valence-corrected chi connectivity index (χ0v) is 11.0. The highest BCUT2D eigenvalue weighted by molar-refractivity contribution is 7.99. The van der Waals surface area contributed by atoms with Crippen LogP contribution >= 0.6 is 11.8 Å². The van der Waals surface area contributed by atoms with Crippen LogP contribution in [-0.4, -0.2) is 32.6 Å². The first-order valence-corrected chi connectivity index (χ1v) is 6.53. The Kier molecular flexibility index (Phi) is 4.30. The summed E-state index contributed by atoms with van der Waals surface area (Å²) in [6.07, 6.45) is 1.39. The maximum Gasteiger partial charge on any atom is 0.234 e. The molecule has 1 aromatic carbocycles. The SMILES string of the molecule is CC(=O)c1ccc(NC(=O)CSc2ncn[nH]2)cc1. The van der Waals surface area contributed by atoms with E-state index in [0.717, 1.165) is 0 Å². The lowest BCUT2D eigenvalue weighted by Gasteiger charge is -2.04. The van der Waals surface area contributed by atoms with Crippen molar-refractivity contribution in [3.05, 3.63) is 36.2 Å². The molecule has 2 aromatic rings. The van der Waals surface area contributed by atoms with Gasteiger partial charge in [0.25, 0.3) is 0 Å². The molecular formula is C12H12N4O2S. The molecule has 0 aliphatic carbocycles. The molecule has 2 rings (SSSR count). The summed E-state index contributed by atoms with van der Waals surface area (Å²) in [5.41, 5.74) is 1.28. The summed E-state index contributed by atoms with van der Waals surface area (Å²) in [5.74, 6) is 0.0969. The lowest BCUT2D eigenvalue weighted by Crippen LogP contribution is -2.14. The third-order valence-electron chi connectivity index (χ3n) is 2.31. The summed E-state index contributed by atoms with van der Waals surface area (Å²) in [5, 5.41) is 9.69. The van der Waals surface area contributed by atoms with Crippen LogP contribution in [0.25, 0.3) is 0 Å². The molecule has 98 valence electrons. The van der Waals surface area contributed by atoms with E-state index in [1.165, 1.54) is 25.0 Å². The minimum Gasteiger partial charge on any atom is -0.325 e. The standard InChI is InChI=1S/C12H12N4O2S/c1-8(17)9-2-4-10(5-3-9)15-11(18)6-19-12-13-7-14-16-12/h2-5,7H,6H2,1H3,(H,15,18)(H,13,14,16). The minimum absolute atomic E-state index is 0.00116. The second kappa shape index (κ2) is 6.14. The Labute approximate surface area is 114 Å². The number of aromatic nitrogens is 3. The Hall–Kier alpha value is -2.15. The van der Waals surface area contributed by atoms with E-state index in [9.17, 15) is 9.59 Å². The van der Waals surface area contributed by atoms with Gasteiger partial charge in [-0.1, -0.05) is 11.8 Å². The summed E-state index contributed by atoms with van der Waals surface area (Å²) < 4.78 is 0. The molecule has 0 aliphatic heterocycles. The van der Waals surface area contributed by atoms with Gasteiger partial charge >= 0.3 is 0 Å². The smallest absolute Gasteiger partial charge is 0.234 e. The highest BCUT2D eigenvalue weighted by Gasteiger charge is 2.06. The molecule has 7 heteroatoms. The minimum atomic E-state index is -0.142. The Morgan fingerprint density at radius 2 is 2.05 bits per heavy atom. The molecule has 0 unspecified atom stereocenters. The van der Waals surface area contributed by atoms with E-state index >= 15 is 0 Å². The first kappa shape index (κ1) is 13.3. The molecule has 2 N–H and O–H groups in total. The number of benzene rings is 1. The number of ketones is 1. The van der Waals surface area contributed by atoms with E-state index in [-0.39, 0.29) is 17.4 Å². The highest BCUT2D eigenvalue weighted by Crippen LogP contribution is 2.13. The van der Waals surface area contributed by atoms with Gasteiger partial charge in [0, 0.05) is 11.3 Å². The van der Waals surface area contributed by atoms with E-state index in [4.69, 9.17) is 0 Å². The van der Waals surface area contributed by atoms with E-state index < -0.39 is 0 Å². The molecule has 1 heterocycles. The third-order valence-corrected chi connectivity index (χ3v) is 3.18. The van der Waals surface area contributed by atoms with Gasteiger partial charge in [0.15, 0.2) is 10.9 Å². The second-order valence-electron chi connectivity index (χ2n) is 3.76. The van der Waals surface area contributed by atoms with E-state index in [1.54, 1.807) is 24.3 Å². The third kappa shape index (κ3) is 3.92. The first-order valence-electron chi connectivity index (χ1n) is 5.54. The quantitative estimate of drug-likeness (QED) is 0.641. The number of nitrogens with one attached hydrogen (secondary N) is 2. The van der Waals surface area contributed by atoms with Crippen molar-refractivity contribution < 1.29 is 9.59 Å². The molecule has 0 saturated carbocycles. The zero-order chi connectivity index (χ0) is 13.7. The van der Waals surface area contributed by atoms with Gasteiger partial charge in [-0.05, 0) is 31.2 Å². The first-order chi connectivity index (χ1) is 9.15. The molecule has 19 heavy (non-hydrogen) atoms. The van der Waals surface area contributed by atoms with Crippen molar-refractivity contribution in [2.45, 2.75) is 12.1 Å². The molecular weight excluding hydrogens is 264 g/mol. The van der Waals surface area contributed by atoms with Crippen molar-refractivity contribution in [2.75, 3.05) is 11.1 Å². The number of rotatable bonds is 5. The van der Waals surface area contributed by atoms with Crippen LogP contribution in [0.2, 0.25) is 0 Å². The predicted octanol–water partition coefficient (Wildman–Crippen LogP) is 1.74. The van der Waals surface area contributed by atoms with Crippen LogP contribution in [0.3, 0.4) is 0 Å². The normalized spacial score (nSPS) is 10.2. The molecule has 1 amide bonds. The van der Waals surface area contributed by atoms with Crippen molar-refractivity contribution in [1.29, 1.82) is 0 Å². The van der Waals surface area contributed by atoms with Crippen LogP contribution in [0, 0.1) is 0 Å². The molecule has 0 atom stereocenters. The number of carbonyl (C=O) groups excluding carboxylic acids is 2. The number of anilines is 1. The summed E-state index contributed by atoms with van der Waals surface area (Å²) in [4.78, 5) is 26.7. The number of thioether (sulfide) groups is 1.